The van der Waals surface area contributed by atoms with Crippen LogP contribution in [-0.2, 0) is 6.54 Å². The summed E-state index contributed by atoms with van der Waals surface area (Å²) in [4.78, 5) is 3.51. The molecule has 106 valence electrons. The van der Waals surface area contributed by atoms with Crippen LogP contribution >= 0.6 is 0 Å². The van der Waals surface area contributed by atoms with Crippen LogP contribution in [0.1, 0.15) is 28.4 Å². The number of aryl methyl sites for hydroxylation is 1. The number of benzene rings is 2. The molecule has 21 heavy (non-hydrogen) atoms. The first kappa shape index (κ1) is 12.5. The summed E-state index contributed by atoms with van der Waals surface area (Å²) in [5.41, 5.74) is 6.31. The molecule has 0 saturated heterocycles. The van der Waals surface area contributed by atoms with Gasteiger partial charge in [-0.05, 0) is 24.6 Å². The fraction of sp³-hybridized carbons (Fsp3) is 0.222. The van der Waals surface area contributed by atoms with E-state index in [1.54, 1.807) is 7.11 Å². The Kier molecular flexibility index (Phi) is 2.76. The van der Waals surface area contributed by atoms with E-state index < -0.39 is 0 Å². The Bertz CT molecular complexity index is 805. The second kappa shape index (κ2) is 4.64. The molecule has 1 aromatic heterocycles. The van der Waals surface area contributed by atoms with Gasteiger partial charge in [0.2, 0.25) is 0 Å². The molecule has 1 aliphatic rings. The molecular weight excluding hydrogens is 260 g/mol. The average Bonchev–Trinajstić information content (AvgIpc) is 2.87. The highest BCUT2D eigenvalue weighted by molar-refractivity contribution is 5.91. The van der Waals surface area contributed by atoms with E-state index in [1.165, 1.54) is 33.3 Å². The Hall–Kier alpha value is -2.26. The van der Waals surface area contributed by atoms with Crippen molar-refractivity contribution in [1.29, 1.82) is 0 Å². The molecule has 0 bridgehead atoms. The van der Waals surface area contributed by atoms with Gasteiger partial charge < -0.3 is 15.0 Å². The number of H-pyrrole nitrogens is 1. The third-order valence-corrected chi connectivity index (χ3v) is 4.39. The maximum atomic E-state index is 5.53. The third kappa shape index (κ3) is 1.78. The topological polar surface area (TPSA) is 37.0 Å². The summed E-state index contributed by atoms with van der Waals surface area (Å²) in [5, 5.41) is 4.97. The zero-order chi connectivity index (χ0) is 14.4. The Morgan fingerprint density at radius 3 is 2.67 bits per heavy atom. The Balaban J connectivity index is 1.99. The van der Waals surface area contributed by atoms with Crippen LogP contribution in [0, 0.1) is 6.92 Å². The molecule has 1 atom stereocenters. The summed E-state index contributed by atoms with van der Waals surface area (Å²) < 4.78 is 5.53. The number of hydrogen-bond acceptors (Lipinski definition) is 2. The van der Waals surface area contributed by atoms with E-state index in [0.717, 1.165) is 12.3 Å². The van der Waals surface area contributed by atoms with E-state index in [2.05, 4.69) is 53.6 Å². The number of aromatic nitrogens is 1. The van der Waals surface area contributed by atoms with Crippen molar-refractivity contribution in [3.8, 4) is 5.75 Å². The second-order valence-corrected chi connectivity index (χ2v) is 5.56. The molecule has 3 heteroatoms. The lowest BCUT2D eigenvalue weighted by molar-refractivity contribution is 0.406. The number of ether oxygens (including phenoxy) is 1. The number of methoxy groups -OCH3 is 1. The fourth-order valence-corrected chi connectivity index (χ4v) is 3.46. The molecule has 0 fully saturated rings. The number of rotatable bonds is 2. The van der Waals surface area contributed by atoms with Gasteiger partial charge in [-0.1, -0.05) is 30.3 Å². The van der Waals surface area contributed by atoms with Crippen LogP contribution in [0.25, 0.3) is 10.9 Å². The van der Waals surface area contributed by atoms with Crippen molar-refractivity contribution in [1.82, 2.24) is 10.3 Å². The van der Waals surface area contributed by atoms with E-state index in [1.807, 2.05) is 6.07 Å². The van der Waals surface area contributed by atoms with Crippen LogP contribution in [0.3, 0.4) is 0 Å². The standard InChI is InChI=1S/C18H18N2O/c1-11-16-17-13(15(21-2)9-8-14(17)20-11)10-19-18(16)12-6-4-3-5-7-12/h3-9,18-20H,10H2,1-2H3. The van der Waals surface area contributed by atoms with Crippen LogP contribution in [0.2, 0.25) is 0 Å². The van der Waals surface area contributed by atoms with E-state index >= 15 is 0 Å². The third-order valence-electron chi connectivity index (χ3n) is 4.39. The SMILES string of the molecule is COc1ccc2[nH]c(C)c3c2c1CNC3c1ccccc1. The summed E-state index contributed by atoms with van der Waals surface area (Å²) >= 11 is 0. The van der Waals surface area contributed by atoms with Gasteiger partial charge in [-0.15, -0.1) is 0 Å². The summed E-state index contributed by atoms with van der Waals surface area (Å²) in [5.74, 6) is 0.960. The molecule has 1 unspecified atom stereocenters. The van der Waals surface area contributed by atoms with Crippen molar-refractivity contribution in [3.05, 3.63) is 64.8 Å². The van der Waals surface area contributed by atoms with Crippen molar-refractivity contribution in [2.75, 3.05) is 7.11 Å². The minimum Gasteiger partial charge on any atom is -0.496 e. The number of aromatic amines is 1. The first-order chi connectivity index (χ1) is 10.3. The van der Waals surface area contributed by atoms with Crippen LogP contribution < -0.4 is 10.1 Å². The van der Waals surface area contributed by atoms with Gasteiger partial charge in [0.05, 0.1) is 13.2 Å². The van der Waals surface area contributed by atoms with Crippen molar-refractivity contribution in [2.24, 2.45) is 0 Å². The summed E-state index contributed by atoms with van der Waals surface area (Å²) in [6.07, 6.45) is 0. The van der Waals surface area contributed by atoms with E-state index in [-0.39, 0.29) is 6.04 Å². The zero-order valence-corrected chi connectivity index (χ0v) is 12.2. The Morgan fingerprint density at radius 1 is 1.10 bits per heavy atom. The lowest BCUT2D eigenvalue weighted by Crippen LogP contribution is -2.26. The molecule has 1 aliphatic heterocycles. The van der Waals surface area contributed by atoms with Crippen molar-refractivity contribution in [3.63, 3.8) is 0 Å². The quantitative estimate of drug-likeness (QED) is 0.750. The zero-order valence-electron chi connectivity index (χ0n) is 12.2. The first-order valence-electron chi connectivity index (χ1n) is 7.26. The molecule has 3 aromatic rings. The molecule has 3 nitrogen and oxygen atoms in total. The van der Waals surface area contributed by atoms with Crippen LogP contribution in [0.5, 0.6) is 5.75 Å². The average molecular weight is 278 g/mol. The summed E-state index contributed by atoms with van der Waals surface area (Å²) in [6, 6.07) is 15.0. The largest absolute Gasteiger partial charge is 0.496 e. The predicted octanol–water partition coefficient (Wildman–Crippen LogP) is 3.68. The molecule has 0 aliphatic carbocycles. The van der Waals surface area contributed by atoms with Gasteiger partial charge in [0.15, 0.2) is 0 Å². The molecule has 2 heterocycles. The normalized spacial score (nSPS) is 17.1. The molecule has 0 spiro atoms. The monoisotopic (exact) mass is 278 g/mol. The van der Waals surface area contributed by atoms with Gasteiger partial charge in [-0.3, -0.25) is 0 Å². The van der Waals surface area contributed by atoms with E-state index in [0.29, 0.717) is 0 Å². The van der Waals surface area contributed by atoms with Gasteiger partial charge >= 0.3 is 0 Å². The molecule has 2 N–H and O–H groups in total. The first-order valence-corrected chi connectivity index (χ1v) is 7.26. The van der Waals surface area contributed by atoms with E-state index in [4.69, 9.17) is 4.74 Å². The smallest absolute Gasteiger partial charge is 0.124 e. The molecule has 0 radical (unpaired) electrons. The summed E-state index contributed by atoms with van der Waals surface area (Å²) in [7, 11) is 1.74. The molecule has 4 rings (SSSR count). The Labute approximate surface area is 123 Å². The van der Waals surface area contributed by atoms with Crippen molar-refractivity contribution in [2.45, 2.75) is 19.5 Å². The highest BCUT2D eigenvalue weighted by Gasteiger charge is 2.27. The maximum Gasteiger partial charge on any atom is 0.124 e. The fourth-order valence-electron chi connectivity index (χ4n) is 3.46. The lowest BCUT2D eigenvalue weighted by Gasteiger charge is -2.26. The number of nitrogens with one attached hydrogen (secondary N) is 2. The summed E-state index contributed by atoms with van der Waals surface area (Å²) in [6.45, 7) is 2.97. The van der Waals surface area contributed by atoms with E-state index in [9.17, 15) is 0 Å². The molecule has 0 saturated carbocycles. The van der Waals surface area contributed by atoms with Gasteiger partial charge in [0, 0.05) is 34.3 Å². The van der Waals surface area contributed by atoms with Crippen molar-refractivity contribution >= 4 is 10.9 Å². The number of hydrogen-bond donors (Lipinski definition) is 2. The molecule has 0 amide bonds. The predicted molar refractivity (Wildman–Crippen MR) is 84.7 cm³/mol. The second-order valence-electron chi connectivity index (χ2n) is 5.56. The molecular formula is C18H18N2O. The van der Waals surface area contributed by atoms with Crippen molar-refractivity contribution < 1.29 is 4.74 Å². The van der Waals surface area contributed by atoms with Crippen LogP contribution in [-0.4, -0.2) is 12.1 Å². The van der Waals surface area contributed by atoms with Gasteiger partial charge in [-0.2, -0.15) is 0 Å². The highest BCUT2D eigenvalue weighted by Crippen LogP contribution is 2.40. The highest BCUT2D eigenvalue weighted by atomic mass is 16.5. The molecule has 2 aromatic carbocycles. The Morgan fingerprint density at radius 2 is 1.90 bits per heavy atom. The van der Waals surface area contributed by atoms with Crippen LogP contribution in [0.15, 0.2) is 42.5 Å². The lowest BCUT2D eigenvalue weighted by atomic mass is 9.90. The van der Waals surface area contributed by atoms with Crippen LogP contribution in [0.4, 0.5) is 0 Å². The maximum absolute atomic E-state index is 5.53. The minimum atomic E-state index is 0.236. The van der Waals surface area contributed by atoms with Gasteiger partial charge in [0.1, 0.15) is 5.75 Å². The van der Waals surface area contributed by atoms with Gasteiger partial charge in [-0.25, -0.2) is 0 Å². The van der Waals surface area contributed by atoms with Gasteiger partial charge in [0.25, 0.3) is 0 Å². The minimum absolute atomic E-state index is 0.236.